The normalized spacial score (nSPS) is 14.1. The summed E-state index contributed by atoms with van der Waals surface area (Å²) in [6.45, 7) is 2.27. The van der Waals surface area contributed by atoms with Gasteiger partial charge in [-0.25, -0.2) is 0 Å². The largest absolute Gasteiger partial charge is 0.493 e. The third kappa shape index (κ3) is 6.71. The number of aliphatic hydroxyl groups is 2. The molecule has 0 amide bonds. The number of unbranched alkanes of at least 4 members (excludes halogenated alkanes) is 1. The fourth-order valence-electron chi connectivity index (χ4n) is 1.62. The highest BCUT2D eigenvalue weighted by Gasteiger charge is 2.07. The van der Waals surface area contributed by atoms with E-state index in [4.69, 9.17) is 14.9 Å². The van der Waals surface area contributed by atoms with Crippen LogP contribution in [0.3, 0.4) is 0 Å². The number of aryl methyl sites for hydroxylation is 1. The summed E-state index contributed by atoms with van der Waals surface area (Å²) < 4.78 is 17.1. The zero-order valence-corrected chi connectivity index (χ0v) is 12.1. The van der Waals surface area contributed by atoms with Crippen LogP contribution in [0.2, 0.25) is 0 Å². The molecule has 1 rings (SSSR count). The fraction of sp³-hybridized carbons (Fsp3) is 0.571. The van der Waals surface area contributed by atoms with E-state index in [1.165, 1.54) is 0 Å². The Kier molecular flexibility index (Phi) is 7.70. The Balaban J connectivity index is 2.12. The highest BCUT2D eigenvalue weighted by Crippen LogP contribution is 2.16. The molecule has 19 heavy (non-hydrogen) atoms. The maximum Gasteiger partial charge on any atom is 0.122 e. The van der Waals surface area contributed by atoms with Crippen LogP contribution in [0.15, 0.2) is 24.3 Å². The van der Waals surface area contributed by atoms with Crippen LogP contribution in [0.5, 0.6) is 5.75 Å². The van der Waals surface area contributed by atoms with Crippen LogP contribution in [-0.4, -0.2) is 45.2 Å². The van der Waals surface area contributed by atoms with Crippen LogP contribution < -0.4 is 4.74 Å². The monoisotopic (exact) mass is 286 g/mol. The second-order valence-electron chi connectivity index (χ2n) is 4.47. The Bertz CT molecular complexity index is 395. The van der Waals surface area contributed by atoms with Gasteiger partial charge in [0.05, 0.1) is 25.1 Å². The van der Waals surface area contributed by atoms with Crippen molar-refractivity contribution in [2.75, 3.05) is 24.7 Å². The molecule has 0 aliphatic rings. The highest BCUT2D eigenvalue weighted by atomic mass is 32.2. The predicted octanol–water partition coefficient (Wildman–Crippen LogP) is 1.26. The summed E-state index contributed by atoms with van der Waals surface area (Å²) in [6.07, 6.45) is 0.746. The highest BCUT2D eigenvalue weighted by molar-refractivity contribution is 7.85. The van der Waals surface area contributed by atoms with E-state index < -0.39 is 16.9 Å². The van der Waals surface area contributed by atoms with Gasteiger partial charge in [0.15, 0.2) is 0 Å². The lowest BCUT2D eigenvalue weighted by Crippen LogP contribution is -2.22. The summed E-state index contributed by atoms with van der Waals surface area (Å²) in [4.78, 5) is 0. The predicted molar refractivity (Wildman–Crippen MR) is 76.9 cm³/mol. The van der Waals surface area contributed by atoms with E-state index in [0.29, 0.717) is 12.4 Å². The molecule has 0 bridgehead atoms. The maximum atomic E-state index is 11.5. The summed E-state index contributed by atoms with van der Waals surface area (Å²) in [6, 6.07) is 7.84. The van der Waals surface area contributed by atoms with Crippen molar-refractivity contribution in [1.29, 1.82) is 0 Å². The summed E-state index contributed by atoms with van der Waals surface area (Å²) in [7, 11) is -1.07. The van der Waals surface area contributed by atoms with Crippen LogP contribution in [0.4, 0.5) is 0 Å². The second-order valence-corrected chi connectivity index (χ2v) is 6.09. The molecule has 2 N–H and O–H groups in total. The van der Waals surface area contributed by atoms with Crippen molar-refractivity contribution in [3.05, 3.63) is 29.8 Å². The van der Waals surface area contributed by atoms with Crippen molar-refractivity contribution in [2.24, 2.45) is 0 Å². The van der Waals surface area contributed by atoms with Gasteiger partial charge in [-0.2, -0.15) is 0 Å². The second kappa shape index (κ2) is 9.07. The van der Waals surface area contributed by atoms with Gasteiger partial charge in [0.2, 0.25) is 0 Å². The van der Waals surface area contributed by atoms with Crippen molar-refractivity contribution in [2.45, 2.75) is 25.9 Å². The van der Waals surface area contributed by atoms with Gasteiger partial charge in [0.1, 0.15) is 5.75 Å². The number of aliphatic hydroxyl groups excluding tert-OH is 2. The van der Waals surface area contributed by atoms with Crippen LogP contribution in [0.1, 0.15) is 18.4 Å². The molecule has 0 saturated heterocycles. The van der Waals surface area contributed by atoms with Gasteiger partial charge in [-0.1, -0.05) is 18.2 Å². The van der Waals surface area contributed by atoms with Crippen molar-refractivity contribution in [3.63, 3.8) is 0 Å². The smallest absolute Gasteiger partial charge is 0.122 e. The first-order valence-corrected chi connectivity index (χ1v) is 7.94. The van der Waals surface area contributed by atoms with E-state index in [0.717, 1.165) is 24.2 Å². The third-order valence-electron chi connectivity index (χ3n) is 2.71. The molecule has 2 atom stereocenters. The fourth-order valence-corrected chi connectivity index (χ4v) is 2.84. The van der Waals surface area contributed by atoms with Gasteiger partial charge in [0, 0.05) is 16.6 Å². The van der Waals surface area contributed by atoms with Crippen LogP contribution >= 0.6 is 0 Å². The lowest BCUT2D eigenvalue weighted by atomic mass is 10.2. The molecule has 2 unspecified atom stereocenters. The van der Waals surface area contributed by atoms with Gasteiger partial charge < -0.3 is 14.9 Å². The summed E-state index contributed by atoms with van der Waals surface area (Å²) >= 11 is 0. The topological polar surface area (TPSA) is 66.8 Å². The molecule has 0 aliphatic heterocycles. The Morgan fingerprint density at radius 1 is 1.32 bits per heavy atom. The minimum absolute atomic E-state index is 0.148. The molecule has 1 aromatic carbocycles. The van der Waals surface area contributed by atoms with E-state index in [-0.39, 0.29) is 12.4 Å². The molecule has 0 heterocycles. The Labute approximate surface area is 116 Å². The van der Waals surface area contributed by atoms with Crippen molar-refractivity contribution in [1.82, 2.24) is 0 Å². The molecule has 0 saturated carbocycles. The Morgan fingerprint density at radius 3 is 2.74 bits per heavy atom. The van der Waals surface area contributed by atoms with Crippen LogP contribution in [0.25, 0.3) is 0 Å². The summed E-state index contributed by atoms with van der Waals surface area (Å²) in [5.41, 5.74) is 1.11. The first-order valence-electron chi connectivity index (χ1n) is 6.46. The number of hydrogen-bond donors (Lipinski definition) is 2. The molecule has 108 valence electrons. The molecular weight excluding hydrogens is 264 g/mol. The van der Waals surface area contributed by atoms with Gasteiger partial charge in [0.25, 0.3) is 0 Å². The molecule has 0 aromatic heterocycles. The molecule has 4 nitrogen and oxygen atoms in total. The first-order chi connectivity index (χ1) is 9.13. The molecular formula is C14H22O4S. The number of benzene rings is 1. The lowest BCUT2D eigenvalue weighted by Gasteiger charge is -2.09. The minimum atomic E-state index is -1.07. The Morgan fingerprint density at radius 2 is 2.05 bits per heavy atom. The Hall–Kier alpha value is -0.910. The SMILES string of the molecule is Cc1ccccc1OCCCCS(=O)CC(O)CO. The number of ether oxygens (including phenoxy) is 1. The average molecular weight is 286 g/mol. The number of para-hydroxylation sites is 1. The molecule has 0 spiro atoms. The average Bonchev–Trinajstić information content (AvgIpc) is 2.40. The van der Waals surface area contributed by atoms with Gasteiger partial charge in [-0.3, -0.25) is 4.21 Å². The van der Waals surface area contributed by atoms with Gasteiger partial charge >= 0.3 is 0 Å². The molecule has 5 heteroatoms. The molecule has 0 fully saturated rings. The number of rotatable bonds is 9. The molecule has 0 aliphatic carbocycles. The third-order valence-corrected chi connectivity index (χ3v) is 4.21. The zero-order valence-electron chi connectivity index (χ0n) is 11.2. The minimum Gasteiger partial charge on any atom is -0.493 e. The van der Waals surface area contributed by atoms with E-state index in [1.54, 1.807) is 0 Å². The van der Waals surface area contributed by atoms with Crippen LogP contribution in [0, 0.1) is 6.92 Å². The summed E-state index contributed by atoms with van der Waals surface area (Å²) in [5.74, 6) is 1.57. The molecule has 1 aromatic rings. The zero-order chi connectivity index (χ0) is 14.1. The van der Waals surface area contributed by atoms with Crippen molar-refractivity contribution < 1.29 is 19.2 Å². The standard InChI is InChI=1S/C14H22O4S/c1-12-6-2-3-7-14(12)18-8-4-5-9-19(17)11-13(16)10-15/h2-3,6-7,13,15-16H,4-5,8-11H2,1H3. The van der Waals surface area contributed by atoms with E-state index in [1.807, 2.05) is 31.2 Å². The van der Waals surface area contributed by atoms with E-state index >= 15 is 0 Å². The lowest BCUT2D eigenvalue weighted by molar-refractivity contribution is 0.113. The summed E-state index contributed by atoms with van der Waals surface area (Å²) in [5, 5.41) is 17.8. The quantitative estimate of drug-likeness (QED) is 0.671. The van der Waals surface area contributed by atoms with E-state index in [2.05, 4.69) is 0 Å². The van der Waals surface area contributed by atoms with Gasteiger partial charge in [-0.15, -0.1) is 0 Å². The molecule has 0 radical (unpaired) electrons. The van der Waals surface area contributed by atoms with Crippen molar-refractivity contribution >= 4 is 10.8 Å². The number of hydrogen-bond acceptors (Lipinski definition) is 4. The van der Waals surface area contributed by atoms with Gasteiger partial charge in [-0.05, 0) is 31.4 Å². The maximum absolute atomic E-state index is 11.5. The van der Waals surface area contributed by atoms with Crippen molar-refractivity contribution in [3.8, 4) is 5.75 Å². The van der Waals surface area contributed by atoms with E-state index in [9.17, 15) is 4.21 Å². The van der Waals surface area contributed by atoms with Crippen LogP contribution in [-0.2, 0) is 10.8 Å². The first kappa shape index (κ1) is 16.1.